The lowest BCUT2D eigenvalue weighted by atomic mass is 9.64. The molecule has 0 saturated carbocycles. The number of Topliss-reactive ketones (excluding diaryl/α,β-unsaturated/α-hetero) is 2. The van der Waals surface area contributed by atoms with Crippen LogP contribution in [-0.4, -0.2) is 43.1 Å². The number of nitrogens with zero attached hydrogens (tertiary/aromatic N) is 1. The highest BCUT2D eigenvalue weighted by molar-refractivity contribution is 9.10. The molecule has 43 heavy (non-hydrogen) atoms. The van der Waals surface area contributed by atoms with Gasteiger partial charge in [-0.25, -0.2) is 0 Å². The average molecular weight is 670 g/mol. The number of anilines is 1. The summed E-state index contributed by atoms with van der Waals surface area (Å²) in [6, 6.07) is 9.00. The van der Waals surface area contributed by atoms with Crippen LogP contribution in [0.5, 0.6) is 11.5 Å². The van der Waals surface area contributed by atoms with Crippen LogP contribution in [-0.2, 0) is 14.4 Å². The molecule has 0 fully saturated rings. The fourth-order valence-electron chi connectivity index (χ4n) is 6.55. The zero-order valence-corrected chi connectivity index (χ0v) is 28.1. The summed E-state index contributed by atoms with van der Waals surface area (Å²) in [6.07, 6.45) is 2.32. The van der Waals surface area contributed by atoms with Gasteiger partial charge in [0.1, 0.15) is 0 Å². The number of hydrogen-bond donors (Lipinski definition) is 1. The van der Waals surface area contributed by atoms with E-state index >= 15 is 0 Å². The van der Waals surface area contributed by atoms with Crippen LogP contribution in [0.1, 0.15) is 70.4 Å². The normalized spacial score (nSPS) is 19.7. The second kappa shape index (κ2) is 11.4. The molecule has 2 aliphatic carbocycles. The van der Waals surface area contributed by atoms with Gasteiger partial charge in [-0.2, -0.15) is 0 Å². The molecule has 0 spiro atoms. The predicted molar refractivity (Wildman–Crippen MR) is 172 cm³/mol. The van der Waals surface area contributed by atoms with Crippen LogP contribution in [0.15, 0.2) is 57.3 Å². The Morgan fingerprint density at radius 3 is 2.12 bits per heavy atom. The van der Waals surface area contributed by atoms with E-state index in [0.29, 0.717) is 50.7 Å². The number of amides is 1. The molecule has 0 saturated heterocycles. The molecule has 0 unspecified atom stereocenters. The van der Waals surface area contributed by atoms with Gasteiger partial charge in [0.05, 0.1) is 11.6 Å². The first-order chi connectivity index (χ1) is 20.1. The summed E-state index contributed by atoms with van der Waals surface area (Å²) in [5.41, 5.74) is 5.24. The van der Waals surface area contributed by atoms with Crippen LogP contribution < -0.4 is 14.8 Å². The fraction of sp³-hybridized carbons (Fsp3) is 0.441. The zero-order chi connectivity index (χ0) is 31.4. The number of ketones is 2. The Labute approximate surface area is 266 Å². The minimum absolute atomic E-state index is 0.0654. The summed E-state index contributed by atoms with van der Waals surface area (Å²) >= 11 is 9.82. The van der Waals surface area contributed by atoms with Crippen molar-refractivity contribution in [1.82, 2.24) is 4.90 Å². The SMILES string of the molecule is COc1cc(C2C3=C(CC(C)(C)CC3=O)N(C)C3=C2C(=O)CC(C)(C)C3)cc(Br)c1OCC(=O)Nc1ccc(C)c(Cl)c1. The molecular weight excluding hydrogens is 632 g/mol. The number of carbonyl (C=O) groups is 3. The molecule has 0 aromatic heterocycles. The molecule has 5 rings (SSSR count). The molecule has 3 aliphatic rings. The summed E-state index contributed by atoms with van der Waals surface area (Å²) in [5, 5.41) is 3.35. The largest absolute Gasteiger partial charge is 0.493 e. The number of methoxy groups -OCH3 is 1. The van der Waals surface area contributed by atoms with Crippen molar-refractivity contribution >= 4 is 50.7 Å². The van der Waals surface area contributed by atoms with Crippen LogP contribution in [0.2, 0.25) is 5.02 Å². The number of allylic oxidation sites excluding steroid dienone is 4. The average Bonchev–Trinajstić information content (AvgIpc) is 2.89. The predicted octanol–water partition coefficient (Wildman–Crippen LogP) is 7.75. The molecule has 2 aromatic carbocycles. The number of carbonyl (C=O) groups excluding carboxylic acids is 3. The lowest BCUT2D eigenvalue weighted by Crippen LogP contribution is -2.43. The zero-order valence-electron chi connectivity index (χ0n) is 25.7. The lowest BCUT2D eigenvalue weighted by molar-refractivity contribution is -0.120. The van der Waals surface area contributed by atoms with E-state index in [1.54, 1.807) is 12.1 Å². The summed E-state index contributed by atoms with van der Waals surface area (Å²) in [4.78, 5) is 42.4. The van der Waals surface area contributed by atoms with Crippen LogP contribution in [0.3, 0.4) is 0 Å². The molecule has 1 aliphatic heterocycles. The molecule has 228 valence electrons. The summed E-state index contributed by atoms with van der Waals surface area (Å²) in [7, 11) is 3.52. The molecule has 1 heterocycles. The molecule has 0 atom stereocenters. The Morgan fingerprint density at radius 1 is 1.00 bits per heavy atom. The van der Waals surface area contributed by atoms with E-state index in [1.165, 1.54) is 7.11 Å². The highest BCUT2D eigenvalue weighted by Crippen LogP contribution is 2.55. The van der Waals surface area contributed by atoms with Gasteiger partial charge in [-0.15, -0.1) is 0 Å². The monoisotopic (exact) mass is 668 g/mol. The second-order valence-corrected chi connectivity index (χ2v) is 14.7. The molecule has 7 nitrogen and oxygen atoms in total. The molecule has 0 radical (unpaired) electrons. The van der Waals surface area contributed by atoms with Crippen LogP contribution in [0.4, 0.5) is 5.69 Å². The summed E-state index contributed by atoms with van der Waals surface area (Å²) < 4.78 is 12.2. The third-order valence-electron chi connectivity index (χ3n) is 8.57. The molecule has 2 aromatic rings. The second-order valence-electron chi connectivity index (χ2n) is 13.4. The van der Waals surface area contributed by atoms with Crippen molar-refractivity contribution in [1.29, 1.82) is 0 Å². The van der Waals surface area contributed by atoms with Crippen LogP contribution >= 0.6 is 27.5 Å². The van der Waals surface area contributed by atoms with E-state index in [1.807, 2.05) is 32.2 Å². The van der Waals surface area contributed by atoms with Crippen LogP contribution in [0.25, 0.3) is 0 Å². The first-order valence-electron chi connectivity index (χ1n) is 14.4. The van der Waals surface area contributed by atoms with Gasteiger partial charge in [0, 0.05) is 59.1 Å². The van der Waals surface area contributed by atoms with E-state index in [2.05, 4.69) is 53.8 Å². The van der Waals surface area contributed by atoms with Crippen molar-refractivity contribution in [2.75, 3.05) is 26.1 Å². The number of halogens is 2. The lowest BCUT2D eigenvalue weighted by Gasteiger charge is -2.48. The van der Waals surface area contributed by atoms with Gasteiger partial charge < -0.3 is 19.7 Å². The first-order valence-corrected chi connectivity index (χ1v) is 15.6. The molecular formula is C34H38BrClN2O5. The standard InChI is InChI=1S/C34H38BrClN2O5/c1-18-8-9-20(12-22(18)36)37-28(41)17-43-32-21(35)10-19(11-27(32)42-7)29-30-23(13-33(2,3)15-25(30)39)38(6)24-14-34(4,5)16-26(40)31(24)29/h8-12,29H,13-17H2,1-7H3,(H,37,41). The van der Waals surface area contributed by atoms with E-state index in [-0.39, 0.29) is 34.9 Å². The van der Waals surface area contributed by atoms with Crippen molar-refractivity contribution in [2.24, 2.45) is 10.8 Å². The maximum absolute atomic E-state index is 13.8. The van der Waals surface area contributed by atoms with Gasteiger partial charge in [0.2, 0.25) is 0 Å². The summed E-state index contributed by atoms with van der Waals surface area (Å²) in [5.74, 6) is 0.00919. The third-order valence-corrected chi connectivity index (χ3v) is 9.56. The van der Waals surface area contributed by atoms with Crippen LogP contribution in [0, 0.1) is 17.8 Å². The highest BCUT2D eigenvalue weighted by Gasteiger charge is 2.48. The third kappa shape index (κ3) is 6.14. The fourth-order valence-corrected chi connectivity index (χ4v) is 7.30. The maximum Gasteiger partial charge on any atom is 0.262 e. The Morgan fingerprint density at radius 2 is 1.58 bits per heavy atom. The number of ether oxygens (including phenoxy) is 2. The number of aryl methyl sites for hydroxylation is 1. The van der Waals surface area contributed by atoms with Crippen molar-refractivity contribution in [3.63, 3.8) is 0 Å². The minimum atomic E-state index is -0.512. The van der Waals surface area contributed by atoms with Crippen molar-refractivity contribution in [3.05, 3.63) is 73.5 Å². The van der Waals surface area contributed by atoms with E-state index in [0.717, 1.165) is 35.4 Å². The van der Waals surface area contributed by atoms with E-state index in [9.17, 15) is 14.4 Å². The van der Waals surface area contributed by atoms with Crippen molar-refractivity contribution in [3.8, 4) is 11.5 Å². The number of benzene rings is 2. The number of nitrogens with one attached hydrogen (secondary N) is 1. The van der Waals surface area contributed by atoms with Crippen molar-refractivity contribution < 1.29 is 23.9 Å². The summed E-state index contributed by atoms with van der Waals surface area (Å²) in [6.45, 7) is 10.1. The van der Waals surface area contributed by atoms with E-state index < -0.39 is 5.92 Å². The quantitative estimate of drug-likeness (QED) is 0.339. The number of hydrogen-bond acceptors (Lipinski definition) is 6. The van der Waals surface area contributed by atoms with Gasteiger partial charge in [0.25, 0.3) is 5.91 Å². The van der Waals surface area contributed by atoms with Crippen molar-refractivity contribution in [2.45, 2.75) is 66.2 Å². The Kier molecular flexibility index (Phi) is 8.33. The Bertz CT molecular complexity index is 1550. The maximum atomic E-state index is 13.8. The van der Waals surface area contributed by atoms with E-state index in [4.69, 9.17) is 21.1 Å². The molecule has 1 amide bonds. The topological polar surface area (TPSA) is 84.9 Å². The smallest absolute Gasteiger partial charge is 0.262 e. The number of rotatable bonds is 6. The van der Waals surface area contributed by atoms with Gasteiger partial charge in [0.15, 0.2) is 29.7 Å². The van der Waals surface area contributed by atoms with Gasteiger partial charge in [-0.3, -0.25) is 14.4 Å². The molecule has 0 bridgehead atoms. The van der Waals surface area contributed by atoms with Gasteiger partial charge >= 0.3 is 0 Å². The Hall–Kier alpha value is -3.10. The first kappa shape index (κ1) is 31.3. The Balaban J connectivity index is 1.52. The van der Waals surface area contributed by atoms with Gasteiger partial charge in [-0.05, 0) is 81.9 Å². The molecule has 9 heteroatoms. The minimum Gasteiger partial charge on any atom is -0.493 e. The highest BCUT2D eigenvalue weighted by atomic mass is 79.9. The molecule has 1 N–H and O–H groups in total. The van der Waals surface area contributed by atoms with Gasteiger partial charge in [-0.1, -0.05) is 45.4 Å².